The highest BCUT2D eigenvalue weighted by Gasteiger charge is 2.33. The Balaban J connectivity index is 1.90. The van der Waals surface area contributed by atoms with Crippen molar-refractivity contribution in [3.63, 3.8) is 0 Å². The lowest BCUT2D eigenvalue weighted by Gasteiger charge is -2.40. The highest BCUT2D eigenvalue weighted by atomic mass is 35.5. The molecule has 1 aromatic rings. The summed E-state index contributed by atoms with van der Waals surface area (Å²) in [4.78, 5) is 22.4. The van der Waals surface area contributed by atoms with Gasteiger partial charge in [-0.05, 0) is 40.5 Å². The fourth-order valence-electron chi connectivity index (χ4n) is 2.37. The number of aromatic nitrogens is 2. The second-order valence-electron chi connectivity index (χ2n) is 6.87. The molecular formula is C15H23ClN4O2. The quantitative estimate of drug-likeness (QED) is 0.904. The van der Waals surface area contributed by atoms with Gasteiger partial charge in [-0.2, -0.15) is 0 Å². The molecule has 0 radical (unpaired) electrons. The normalized spacial score (nSPS) is 18.0. The summed E-state index contributed by atoms with van der Waals surface area (Å²) >= 11 is 5.75. The Morgan fingerprint density at radius 2 is 1.95 bits per heavy atom. The summed E-state index contributed by atoms with van der Waals surface area (Å²) < 4.78 is 5.33. The van der Waals surface area contributed by atoms with E-state index in [-0.39, 0.29) is 11.6 Å². The first kappa shape index (κ1) is 16.8. The van der Waals surface area contributed by atoms with Gasteiger partial charge >= 0.3 is 6.09 Å². The SMILES string of the molecule is CC1(NC(=O)OC(C)(C)C)CCN(c2cnc(Cl)cn2)CC1. The van der Waals surface area contributed by atoms with Gasteiger partial charge in [0.15, 0.2) is 0 Å². The number of amides is 1. The van der Waals surface area contributed by atoms with Crippen molar-refractivity contribution in [3.05, 3.63) is 17.5 Å². The zero-order valence-electron chi connectivity index (χ0n) is 13.5. The Morgan fingerprint density at radius 1 is 1.32 bits per heavy atom. The Hall–Kier alpha value is -1.56. The highest BCUT2D eigenvalue weighted by Crippen LogP contribution is 2.25. The van der Waals surface area contributed by atoms with Crippen LogP contribution in [0.4, 0.5) is 10.6 Å². The maximum Gasteiger partial charge on any atom is 0.408 e. The predicted octanol–water partition coefficient (Wildman–Crippen LogP) is 3.01. The number of anilines is 1. The van der Waals surface area contributed by atoms with Gasteiger partial charge in [0, 0.05) is 18.6 Å². The lowest BCUT2D eigenvalue weighted by Crippen LogP contribution is -2.54. The molecule has 1 aliphatic rings. The third kappa shape index (κ3) is 4.73. The first-order valence-electron chi connectivity index (χ1n) is 7.41. The van der Waals surface area contributed by atoms with E-state index in [0.717, 1.165) is 31.7 Å². The Morgan fingerprint density at radius 3 is 2.45 bits per heavy atom. The van der Waals surface area contributed by atoms with Crippen molar-refractivity contribution in [2.75, 3.05) is 18.0 Å². The van der Waals surface area contributed by atoms with Crippen LogP contribution < -0.4 is 10.2 Å². The average molecular weight is 327 g/mol. The molecule has 0 aliphatic carbocycles. The van der Waals surface area contributed by atoms with E-state index in [1.165, 1.54) is 0 Å². The van der Waals surface area contributed by atoms with E-state index in [2.05, 4.69) is 20.2 Å². The smallest absolute Gasteiger partial charge is 0.408 e. The Bertz CT molecular complexity index is 519. The molecule has 2 rings (SSSR count). The summed E-state index contributed by atoms with van der Waals surface area (Å²) in [6.07, 6.45) is 4.48. The van der Waals surface area contributed by atoms with Crippen LogP contribution in [0.1, 0.15) is 40.5 Å². The van der Waals surface area contributed by atoms with E-state index in [4.69, 9.17) is 16.3 Å². The number of nitrogens with zero attached hydrogens (tertiary/aromatic N) is 3. The molecule has 2 heterocycles. The second-order valence-corrected chi connectivity index (χ2v) is 7.26. The van der Waals surface area contributed by atoms with Crippen molar-refractivity contribution in [2.45, 2.75) is 51.7 Å². The van der Waals surface area contributed by atoms with Crippen molar-refractivity contribution in [2.24, 2.45) is 0 Å². The summed E-state index contributed by atoms with van der Waals surface area (Å²) in [5, 5.41) is 3.37. The van der Waals surface area contributed by atoms with Crippen molar-refractivity contribution >= 4 is 23.5 Å². The molecule has 1 aliphatic heterocycles. The summed E-state index contributed by atoms with van der Waals surface area (Å²) in [5.74, 6) is 0.809. The van der Waals surface area contributed by atoms with Gasteiger partial charge in [0.05, 0.1) is 12.4 Å². The molecule has 0 bridgehead atoms. The van der Waals surface area contributed by atoms with E-state index in [1.807, 2.05) is 27.7 Å². The molecule has 7 heteroatoms. The molecule has 1 aromatic heterocycles. The van der Waals surface area contributed by atoms with Crippen molar-refractivity contribution in [1.29, 1.82) is 0 Å². The first-order chi connectivity index (χ1) is 10.2. The Kier molecular flexibility index (Phi) is 4.80. The van der Waals surface area contributed by atoms with Gasteiger partial charge in [0.2, 0.25) is 0 Å². The zero-order valence-corrected chi connectivity index (χ0v) is 14.3. The molecule has 1 amide bonds. The topological polar surface area (TPSA) is 67.3 Å². The summed E-state index contributed by atoms with van der Waals surface area (Å²) in [7, 11) is 0. The third-order valence-corrected chi connectivity index (χ3v) is 3.80. The number of ether oxygens (including phenoxy) is 1. The van der Waals surface area contributed by atoms with Crippen LogP contribution in [0.2, 0.25) is 5.15 Å². The maximum absolute atomic E-state index is 11.9. The van der Waals surface area contributed by atoms with Gasteiger partial charge in [-0.1, -0.05) is 11.6 Å². The zero-order chi connectivity index (χ0) is 16.4. The minimum atomic E-state index is -0.486. The van der Waals surface area contributed by atoms with Gasteiger partial charge in [0.25, 0.3) is 0 Å². The van der Waals surface area contributed by atoms with E-state index in [9.17, 15) is 4.79 Å². The molecule has 0 unspecified atom stereocenters. The van der Waals surface area contributed by atoms with Gasteiger partial charge in [-0.25, -0.2) is 14.8 Å². The molecule has 0 atom stereocenters. The molecular weight excluding hydrogens is 304 g/mol. The fourth-order valence-corrected chi connectivity index (χ4v) is 2.47. The van der Waals surface area contributed by atoms with Gasteiger partial charge in [0.1, 0.15) is 16.6 Å². The lowest BCUT2D eigenvalue weighted by atomic mass is 9.90. The van der Waals surface area contributed by atoms with Crippen molar-refractivity contribution in [1.82, 2.24) is 15.3 Å². The number of alkyl carbamates (subject to hydrolysis) is 1. The monoisotopic (exact) mass is 326 g/mol. The van der Waals surface area contributed by atoms with E-state index < -0.39 is 5.60 Å². The standard InChI is InChI=1S/C15H23ClN4O2/c1-14(2,3)22-13(21)19-15(4)5-7-20(8-6-15)12-10-17-11(16)9-18-12/h9-10H,5-8H2,1-4H3,(H,19,21). The van der Waals surface area contributed by atoms with Crippen molar-refractivity contribution < 1.29 is 9.53 Å². The maximum atomic E-state index is 11.9. The largest absolute Gasteiger partial charge is 0.444 e. The van der Waals surface area contributed by atoms with Crippen LogP contribution in [-0.4, -0.2) is 40.3 Å². The lowest BCUT2D eigenvalue weighted by molar-refractivity contribution is 0.0448. The number of rotatable bonds is 2. The van der Waals surface area contributed by atoms with Crippen LogP contribution >= 0.6 is 11.6 Å². The minimum absolute atomic E-state index is 0.265. The number of hydrogen-bond acceptors (Lipinski definition) is 5. The predicted molar refractivity (Wildman–Crippen MR) is 86.3 cm³/mol. The molecule has 1 N–H and O–H groups in total. The summed E-state index contributed by atoms with van der Waals surface area (Å²) in [6, 6.07) is 0. The van der Waals surface area contributed by atoms with Crippen LogP contribution in [0.5, 0.6) is 0 Å². The first-order valence-corrected chi connectivity index (χ1v) is 7.78. The van der Waals surface area contributed by atoms with Crippen LogP contribution in [-0.2, 0) is 4.74 Å². The molecule has 122 valence electrons. The van der Waals surface area contributed by atoms with Crippen LogP contribution in [0.3, 0.4) is 0 Å². The number of carbonyl (C=O) groups is 1. The third-order valence-electron chi connectivity index (χ3n) is 3.60. The van der Waals surface area contributed by atoms with Gasteiger partial charge < -0.3 is 15.0 Å². The van der Waals surface area contributed by atoms with Crippen molar-refractivity contribution in [3.8, 4) is 0 Å². The molecule has 6 nitrogen and oxygen atoms in total. The highest BCUT2D eigenvalue weighted by molar-refractivity contribution is 6.29. The average Bonchev–Trinajstić information content (AvgIpc) is 2.38. The van der Waals surface area contributed by atoms with Gasteiger partial charge in [-0.3, -0.25) is 0 Å². The number of nitrogens with one attached hydrogen (secondary N) is 1. The van der Waals surface area contributed by atoms with Crippen LogP contribution in [0.25, 0.3) is 0 Å². The summed E-state index contributed by atoms with van der Waals surface area (Å²) in [6.45, 7) is 9.21. The van der Waals surface area contributed by atoms with Gasteiger partial charge in [-0.15, -0.1) is 0 Å². The molecule has 1 fully saturated rings. The van der Waals surface area contributed by atoms with E-state index in [0.29, 0.717) is 5.15 Å². The number of halogens is 1. The molecule has 0 saturated carbocycles. The molecule has 22 heavy (non-hydrogen) atoms. The second kappa shape index (κ2) is 6.28. The summed E-state index contributed by atoms with van der Waals surface area (Å²) in [5.41, 5.74) is -0.751. The molecule has 1 saturated heterocycles. The minimum Gasteiger partial charge on any atom is -0.444 e. The number of hydrogen-bond donors (Lipinski definition) is 1. The van der Waals surface area contributed by atoms with Crippen LogP contribution in [0, 0.1) is 0 Å². The fraction of sp³-hybridized carbons (Fsp3) is 0.667. The van der Waals surface area contributed by atoms with E-state index >= 15 is 0 Å². The molecule has 0 aromatic carbocycles. The number of piperidine rings is 1. The van der Waals surface area contributed by atoms with Crippen LogP contribution in [0.15, 0.2) is 12.4 Å². The van der Waals surface area contributed by atoms with E-state index in [1.54, 1.807) is 12.4 Å². The Labute approximate surface area is 136 Å². The number of carbonyl (C=O) groups excluding carboxylic acids is 1. The molecule has 0 spiro atoms.